The Kier molecular flexibility index (Phi) is 4.84. The molecule has 1 saturated carbocycles. The van der Waals surface area contributed by atoms with Crippen LogP contribution in [0.2, 0.25) is 5.02 Å². The van der Waals surface area contributed by atoms with Crippen molar-refractivity contribution in [3.05, 3.63) is 29.3 Å². The van der Waals surface area contributed by atoms with E-state index >= 15 is 0 Å². The predicted molar refractivity (Wildman–Crippen MR) is 79.7 cm³/mol. The van der Waals surface area contributed by atoms with Gasteiger partial charge in [0, 0.05) is 17.8 Å². The van der Waals surface area contributed by atoms with Crippen molar-refractivity contribution in [3.63, 3.8) is 0 Å². The van der Waals surface area contributed by atoms with Crippen LogP contribution in [0.4, 0.5) is 10.5 Å². The summed E-state index contributed by atoms with van der Waals surface area (Å²) in [6.45, 7) is 0. The van der Waals surface area contributed by atoms with Gasteiger partial charge in [-0.1, -0.05) is 23.2 Å². The van der Waals surface area contributed by atoms with E-state index in [-0.39, 0.29) is 12.1 Å². The standard InChI is InChI=1S/C14H18ClN3O2/c1-18(13-5-3-2-4-12(13)17-20)14(19)16-11-8-6-10(15)7-9-11/h6-9,13,20H,2-5H2,1H3,(H,16,19). The minimum atomic E-state index is -0.222. The first kappa shape index (κ1) is 14.7. The van der Waals surface area contributed by atoms with E-state index in [4.69, 9.17) is 16.8 Å². The van der Waals surface area contributed by atoms with Crippen molar-refractivity contribution in [3.8, 4) is 0 Å². The zero-order valence-electron chi connectivity index (χ0n) is 11.3. The lowest BCUT2D eigenvalue weighted by Crippen LogP contribution is -2.45. The highest BCUT2D eigenvalue weighted by Gasteiger charge is 2.27. The van der Waals surface area contributed by atoms with Crippen molar-refractivity contribution < 1.29 is 10.0 Å². The maximum Gasteiger partial charge on any atom is 0.322 e. The van der Waals surface area contributed by atoms with Crippen LogP contribution < -0.4 is 5.32 Å². The van der Waals surface area contributed by atoms with E-state index in [9.17, 15) is 4.79 Å². The van der Waals surface area contributed by atoms with Crippen LogP contribution in [-0.4, -0.2) is 34.9 Å². The molecule has 20 heavy (non-hydrogen) atoms. The summed E-state index contributed by atoms with van der Waals surface area (Å²) in [7, 11) is 1.71. The maximum atomic E-state index is 12.2. The van der Waals surface area contributed by atoms with Crippen LogP contribution in [0.5, 0.6) is 0 Å². The number of benzene rings is 1. The molecule has 1 aromatic carbocycles. The second-order valence-corrected chi connectivity index (χ2v) is 5.34. The Morgan fingerprint density at radius 2 is 2.10 bits per heavy atom. The first-order valence-corrected chi connectivity index (χ1v) is 7.00. The molecule has 1 aliphatic carbocycles. The molecule has 6 heteroatoms. The van der Waals surface area contributed by atoms with Crippen molar-refractivity contribution in [1.82, 2.24) is 4.90 Å². The lowest BCUT2D eigenvalue weighted by atomic mass is 9.92. The molecular formula is C14H18ClN3O2. The molecule has 2 amide bonds. The zero-order valence-corrected chi connectivity index (χ0v) is 12.1. The third kappa shape index (κ3) is 3.42. The Labute approximate surface area is 123 Å². The Morgan fingerprint density at radius 3 is 2.75 bits per heavy atom. The second kappa shape index (κ2) is 6.61. The molecule has 1 unspecified atom stereocenters. The van der Waals surface area contributed by atoms with Gasteiger partial charge in [-0.3, -0.25) is 0 Å². The molecule has 1 atom stereocenters. The van der Waals surface area contributed by atoms with Crippen molar-refractivity contribution >= 4 is 29.0 Å². The summed E-state index contributed by atoms with van der Waals surface area (Å²) in [6, 6.07) is 6.57. The van der Waals surface area contributed by atoms with E-state index in [1.165, 1.54) is 0 Å². The average Bonchev–Trinajstić information content (AvgIpc) is 2.48. The summed E-state index contributed by atoms with van der Waals surface area (Å²) in [5.74, 6) is 0. The van der Waals surface area contributed by atoms with Gasteiger partial charge < -0.3 is 15.4 Å². The van der Waals surface area contributed by atoms with E-state index < -0.39 is 0 Å². The fourth-order valence-corrected chi connectivity index (χ4v) is 2.52. The zero-order chi connectivity index (χ0) is 14.5. The lowest BCUT2D eigenvalue weighted by molar-refractivity contribution is 0.209. The van der Waals surface area contributed by atoms with Gasteiger partial charge in [0.15, 0.2) is 0 Å². The Balaban J connectivity index is 2.02. The minimum Gasteiger partial charge on any atom is -0.411 e. The smallest absolute Gasteiger partial charge is 0.322 e. The summed E-state index contributed by atoms with van der Waals surface area (Å²) in [6.07, 6.45) is 3.59. The highest BCUT2D eigenvalue weighted by Crippen LogP contribution is 2.21. The number of carbonyl (C=O) groups excluding carboxylic acids is 1. The third-order valence-corrected chi connectivity index (χ3v) is 3.81. The molecule has 5 nitrogen and oxygen atoms in total. The fraction of sp³-hybridized carbons (Fsp3) is 0.429. The molecule has 2 rings (SSSR count). The quantitative estimate of drug-likeness (QED) is 0.647. The SMILES string of the molecule is CN(C(=O)Nc1ccc(Cl)cc1)C1CCCCC1=NO. The number of nitrogens with one attached hydrogen (secondary N) is 1. The van der Waals surface area contributed by atoms with Gasteiger partial charge in [0.05, 0.1) is 11.8 Å². The number of amides is 2. The van der Waals surface area contributed by atoms with Gasteiger partial charge in [-0.15, -0.1) is 0 Å². The lowest BCUT2D eigenvalue weighted by Gasteiger charge is -2.31. The van der Waals surface area contributed by atoms with Crippen LogP contribution in [0.15, 0.2) is 29.4 Å². The van der Waals surface area contributed by atoms with E-state index in [1.807, 2.05) is 0 Å². The molecule has 0 heterocycles. The fourth-order valence-electron chi connectivity index (χ4n) is 2.40. The molecule has 2 N–H and O–H groups in total. The Morgan fingerprint density at radius 1 is 1.40 bits per heavy atom. The van der Waals surface area contributed by atoms with Crippen LogP contribution >= 0.6 is 11.6 Å². The molecule has 0 saturated heterocycles. The molecule has 1 aliphatic rings. The second-order valence-electron chi connectivity index (χ2n) is 4.90. The molecule has 0 radical (unpaired) electrons. The largest absolute Gasteiger partial charge is 0.411 e. The Hall–Kier alpha value is -1.75. The molecule has 108 valence electrons. The first-order valence-electron chi connectivity index (χ1n) is 6.62. The summed E-state index contributed by atoms with van der Waals surface area (Å²) in [5.41, 5.74) is 1.36. The molecule has 1 aromatic rings. The number of nitrogens with zero attached hydrogens (tertiary/aromatic N) is 2. The highest BCUT2D eigenvalue weighted by molar-refractivity contribution is 6.30. The van der Waals surface area contributed by atoms with Crippen LogP contribution in [0.3, 0.4) is 0 Å². The molecule has 0 aliphatic heterocycles. The van der Waals surface area contributed by atoms with Gasteiger partial charge in [-0.2, -0.15) is 0 Å². The number of hydrogen-bond acceptors (Lipinski definition) is 3. The van der Waals surface area contributed by atoms with Crippen molar-refractivity contribution in [1.29, 1.82) is 0 Å². The van der Waals surface area contributed by atoms with E-state index in [1.54, 1.807) is 36.2 Å². The van der Waals surface area contributed by atoms with Crippen molar-refractivity contribution in [2.75, 3.05) is 12.4 Å². The van der Waals surface area contributed by atoms with E-state index in [0.29, 0.717) is 16.4 Å². The van der Waals surface area contributed by atoms with Crippen LogP contribution in [0.1, 0.15) is 25.7 Å². The monoisotopic (exact) mass is 295 g/mol. The van der Waals surface area contributed by atoms with Crippen molar-refractivity contribution in [2.24, 2.45) is 5.16 Å². The molecule has 1 fully saturated rings. The number of halogens is 1. The number of urea groups is 1. The van der Waals surface area contributed by atoms with Crippen LogP contribution in [0, 0.1) is 0 Å². The van der Waals surface area contributed by atoms with E-state index in [2.05, 4.69) is 10.5 Å². The highest BCUT2D eigenvalue weighted by atomic mass is 35.5. The molecule has 0 spiro atoms. The number of rotatable bonds is 2. The summed E-state index contributed by atoms with van der Waals surface area (Å²) in [5, 5.41) is 15.8. The number of hydrogen-bond donors (Lipinski definition) is 2. The maximum absolute atomic E-state index is 12.2. The topological polar surface area (TPSA) is 64.9 Å². The third-order valence-electron chi connectivity index (χ3n) is 3.56. The van der Waals surface area contributed by atoms with Crippen molar-refractivity contribution in [2.45, 2.75) is 31.7 Å². The van der Waals surface area contributed by atoms with Gasteiger partial charge in [0.2, 0.25) is 0 Å². The predicted octanol–water partition coefficient (Wildman–Crippen LogP) is 3.58. The molecular weight excluding hydrogens is 278 g/mol. The molecule has 0 bridgehead atoms. The first-order chi connectivity index (χ1) is 9.61. The van der Waals surface area contributed by atoms with Gasteiger partial charge in [-0.05, 0) is 43.5 Å². The number of carbonyl (C=O) groups is 1. The van der Waals surface area contributed by atoms with E-state index in [0.717, 1.165) is 25.7 Å². The van der Waals surface area contributed by atoms with Gasteiger partial charge in [0.1, 0.15) is 0 Å². The molecule has 0 aromatic heterocycles. The number of oxime groups is 1. The Bertz CT molecular complexity index is 502. The van der Waals surface area contributed by atoms with Gasteiger partial charge >= 0.3 is 6.03 Å². The normalized spacial score (nSPS) is 20.7. The summed E-state index contributed by atoms with van der Waals surface area (Å²) < 4.78 is 0. The van der Waals surface area contributed by atoms with Gasteiger partial charge in [-0.25, -0.2) is 4.79 Å². The number of anilines is 1. The van der Waals surface area contributed by atoms with Crippen LogP contribution in [-0.2, 0) is 0 Å². The summed E-state index contributed by atoms with van der Waals surface area (Å²) >= 11 is 5.80. The minimum absolute atomic E-state index is 0.138. The average molecular weight is 296 g/mol. The van der Waals surface area contributed by atoms with Gasteiger partial charge in [0.25, 0.3) is 0 Å². The van der Waals surface area contributed by atoms with Crippen LogP contribution in [0.25, 0.3) is 0 Å². The summed E-state index contributed by atoms with van der Waals surface area (Å²) in [4.78, 5) is 13.8.